The summed E-state index contributed by atoms with van der Waals surface area (Å²) in [6.07, 6.45) is 5.66. The van der Waals surface area contributed by atoms with Crippen molar-refractivity contribution in [1.82, 2.24) is 4.57 Å². The number of Topliss-reactive ketones (excluding diaryl/α,β-unsaturated/α-hetero) is 1. The molecule has 6 nitrogen and oxygen atoms in total. The van der Waals surface area contributed by atoms with Crippen LogP contribution in [0.5, 0.6) is 0 Å². The first-order valence-electron chi connectivity index (χ1n) is 8.24. The van der Waals surface area contributed by atoms with Crippen LogP contribution in [0, 0.1) is 5.92 Å². The Bertz CT molecular complexity index is 764. The summed E-state index contributed by atoms with van der Waals surface area (Å²) in [5.74, 6) is 0.457. The van der Waals surface area contributed by atoms with Crippen LogP contribution in [0.25, 0.3) is 11.3 Å². The first-order valence-corrected chi connectivity index (χ1v) is 8.24. The van der Waals surface area contributed by atoms with Crippen molar-refractivity contribution in [3.63, 3.8) is 0 Å². The minimum Gasteiger partial charge on any atom is -0.334 e. The quantitative estimate of drug-likeness (QED) is 0.840. The number of benzene rings is 1. The van der Waals surface area contributed by atoms with Crippen LogP contribution < -0.4 is 0 Å². The van der Waals surface area contributed by atoms with E-state index >= 15 is 0 Å². The standard InChI is InChI=1S/C18H21NO.2CO2/c1-14(2)17(20)18(11-7-12-18)19-13-6-10-16(19)15-8-4-3-5-9-15;2*2-1-3/h3-6,8-10,13-14H,7,11-12H2,1-2H3;;. The Labute approximate surface area is 151 Å². The third kappa shape index (κ3) is 4.51. The minimum absolute atomic E-state index is 0.0846. The van der Waals surface area contributed by atoms with Gasteiger partial charge in [-0.2, -0.15) is 19.2 Å². The maximum atomic E-state index is 12.7. The molecule has 0 atom stereocenters. The molecule has 1 aliphatic rings. The van der Waals surface area contributed by atoms with E-state index in [0.29, 0.717) is 5.78 Å². The van der Waals surface area contributed by atoms with Gasteiger partial charge in [0.25, 0.3) is 0 Å². The lowest BCUT2D eigenvalue weighted by Gasteiger charge is -2.44. The van der Waals surface area contributed by atoms with Crippen LogP contribution in [-0.4, -0.2) is 22.7 Å². The van der Waals surface area contributed by atoms with Crippen molar-refractivity contribution in [1.29, 1.82) is 0 Å². The second kappa shape index (κ2) is 10.0. The molecule has 0 unspecified atom stereocenters. The molecule has 6 heteroatoms. The van der Waals surface area contributed by atoms with Crippen molar-refractivity contribution in [3.8, 4) is 11.3 Å². The first kappa shape index (κ1) is 21.0. The van der Waals surface area contributed by atoms with Gasteiger partial charge in [0, 0.05) is 17.8 Å². The van der Waals surface area contributed by atoms with E-state index in [1.54, 1.807) is 0 Å². The van der Waals surface area contributed by atoms with Crippen LogP contribution in [0.2, 0.25) is 0 Å². The second-order valence-electron chi connectivity index (χ2n) is 6.20. The zero-order valence-electron chi connectivity index (χ0n) is 14.8. The fraction of sp³-hybridized carbons (Fsp3) is 0.350. The highest BCUT2D eigenvalue weighted by molar-refractivity contribution is 5.90. The molecule has 1 aromatic carbocycles. The van der Waals surface area contributed by atoms with Gasteiger partial charge in [0.1, 0.15) is 5.54 Å². The van der Waals surface area contributed by atoms with E-state index in [0.717, 1.165) is 25.0 Å². The van der Waals surface area contributed by atoms with Crippen molar-refractivity contribution in [2.24, 2.45) is 5.92 Å². The largest absolute Gasteiger partial charge is 0.373 e. The molecule has 0 aliphatic heterocycles. The van der Waals surface area contributed by atoms with Crippen LogP contribution in [0.1, 0.15) is 33.1 Å². The Hall–Kier alpha value is -3.07. The zero-order valence-corrected chi connectivity index (χ0v) is 14.8. The summed E-state index contributed by atoms with van der Waals surface area (Å²) in [5.41, 5.74) is 2.03. The lowest BCUT2D eigenvalue weighted by molar-refractivity contribution is -0.193. The van der Waals surface area contributed by atoms with Gasteiger partial charge in [0.2, 0.25) is 0 Å². The summed E-state index contributed by atoms with van der Waals surface area (Å²) in [6.45, 7) is 4.02. The highest BCUT2D eigenvalue weighted by atomic mass is 16.2. The lowest BCUT2D eigenvalue weighted by atomic mass is 9.70. The molecular formula is C20H21NO5. The topological polar surface area (TPSA) is 90.3 Å². The van der Waals surface area contributed by atoms with Crippen LogP contribution in [0.3, 0.4) is 0 Å². The first-order chi connectivity index (χ1) is 12.5. The van der Waals surface area contributed by atoms with Gasteiger partial charge < -0.3 is 4.57 Å². The number of nitrogens with zero attached hydrogens (tertiary/aromatic N) is 1. The second-order valence-corrected chi connectivity index (χ2v) is 6.20. The normalized spacial score (nSPS) is 13.7. The molecule has 1 saturated carbocycles. The minimum atomic E-state index is -0.303. The number of hydrogen-bond donors (Lipinski definition) is 0. The van der Waals surface area contributed by atoms with Gasteiger partial charge in [-0.25, -0.2) is 0 Å². The van der Waals surface area contributed by atoms with Gasteiger partial charge in [-0.1, -0.05) is 44.2 Å². The molecule has 0 radical (unpaired) electrons. The van der Waals surface area contributed by atoms with E-state index < -0.39 is 0 Å². The van der Waals surface area contributed by atoms with E-state index in [-0.39, 0.29) is 23.8 Å². The molecule has 0 spiro atoms. The number of hydrogen-bond acceptors (Lipinski definition) is 5. The fourth-order valence-electron chi connectivity index (χ4n) is 3.25. The molecule has 0 saturated heterocycles. The predicted octanol–water partition coefficient (Wildman–Crippen LogP) is 3.09. The highest BCUT2D eigenvalue weighted by Crippen LogP contribution is 2.44. The van der Waals surface area contributed by atoms with Gasteiger partial charge in [0.05, 0.1) is 0 Å². The fourth-order valence-corrected chi connectivity index (χ4v) is 3.25. The Morgan fingerprint density at radius 3 is 1.92 bits per heavy atom. The lowest BCUT2D eigenvalue weighted by Crippen LogP contribution is -2.49. The smallest absolute Gasteiger partial charge is 0.334 e. The van der Waals surface area contributed by atoms with Crippen molar-refractivity contribution in [2.45, 2.75) is 38.6 Å². The summed E-state index contributed by atoms with van der Waals surface area (Å²) in [6, 6.07) is 14.5. The van der Waals surface area contributed by atoms with Gasteiger partial charge in [-0.15, -0.1) is 0 Å². The predicted molar refractivity (Wildman–Crippen MR) is 91.6 cm³/mol. The van der Waals surface area contributed by atoms with Crippen molar-refractivity contribution in [2.75, 3.05) is 0 Å². The molecule has 2 aromatic rings. The third-order valence-electron chi connectivity index (χ3n) is 4.44. The van der Waals surface area contributed by atoms with Crippen LogP contribution in [0.4, 0.5) is 0 Å². The molecule has 1 aromatic heterocycles. The van der Waals surface area contributed by atoms with Gasteiger partial charge >= 0.3 is 12.3 Å². The zero-order chi connectivity index (χ0) is 19.6. The van der Waals surface area contributed by atoms with Gasteiger partial charge in [0.15, 0.2) is 5.78 Å². The molecule has 26 heavy (non-hydrogen) atoms. The van der Waals surface area contributed by atoms with Crippen molar-refractivity contribution in [3.05, 3.63) is 48.7 Å². The van der Waals surface area contributed by atoms with Crippen LogP contribution in [0.15, 0.2) is 48.7 Å². The van der Waals surface area contributed by atoms with Gasteiger partial charge in [-0.3, -0.25) is 4.79 Å². The maximum absolute atomic E-state index is 12.7. The number of aromatic nitrogens is 1. The Balaban J connectivity index is 0.000000499. The molecular weight excluding hydrogens is 334 g/mol. The summed E-state index contributed by atoms with van der Waals surface area (Å²) >= 11 is 0. The summed E-state index contributed by atoms with van der Waals surface area (Å²) in [4.78, 5) is 45.2. The van der Waals surface area contributed by atoms with Crippen LogP contribution in [-0.2, 0) is 29.5 Å². The molecule has 0 bridgehead atoms. The van der Waals surface area contributed by atoms with E-state index in [4.69, 9.17) is 19.2 Å². The van der Waals surface area contributed by atoms with Crippen molar-refractivity contribution >= 4 is 18.1 Å². The molecule has 1 heterocycles. The molecule has 136 valence electrons. The molecule has 0 amide bonds. The number of carbonyl (C=O) groups excluding carboxylic acids is 5. The maximum Gasteiger partial charge on any atom is 0.373 e. The molecule has 1 fully saturated rings. The number of carbonyl (C=O) groups is 1. The summed E-state index contributed by atoms with van der Waals surface area (Å²) in [5, 5.41) is 0. The molecule has 0 N–H and O–H groups in total. The number of ketones is 1. The Morgan fingerprint density at radius 1 is 0.962 bits per heavy atom. The Morgan fingerprint density at radius 2 is 1.50 bits per heavy atom. The third-order valence-corrected chi connectivity index (χ3v) is 4.44. The van der Waals surface area contributed by atoms with E-state index in [1.807, 2.05) is 32.0 Å². The van der Waals surface area contributed by atoms with E-state index in [9.17, 15) is 4.79 Å². The summed E-state index contributed by atoms with van der Waals surface area (Å²) in [7, 11) is 0. The SMILES string of the molecule is CC(C)C(=O)C1(n2cccc2-c2ccccc2)CCC1.O=C=O.O=C=O. The van der Waals surface area contributed by atoms with Crippen LogP contribution >= 0.6 is 0 Å². The van der Waals surface area contributed by atoms with Crippen molar-refractivity contribution < 1.29 is 24.0 Å². The highest BCUT2D eigenvalue weighted by Gasteiger charge is 2.46. The average molecular weight is 355 g/mol. The summed E-state index contributed by atoms with van der Waals surface area (Å²) < 4.78 is 2.22. The molecule has 1 aliphatic carbocycles. The van der Waals surface area contributed by atoms with E-state index in [1.165, 1.54) is 5.56 Å². The van der Waals surface area contributed by atoms with E-state index in [2.05, 4.69) is 35.0 Å². The monoisotopic (exact) mass is 355 g/mol. The average Bonchev–Trinajstić information content (AvgIpc) is 3.06. The Kier molecular flexibility index (Phi) is 8.10. The molecule has 3 rings (SSSR count). The van der Waals surface area contributed by atoms with Gasteiger partial charge in [-0.05, 0) is 37.0 Å². The number of rotatable bonds is 4.